The van der Waals surface area contributed by atoms with Crippen LogP contribution in [0.3, 0.4) is 0 Å². The van der Waals surface area contributed by atoms with Crippen molar-refractivity contribution in [2.75, 3.05) is 26.0 Å². The Morgan fingerprint density at radius 2 is 2.12 bits per heavy atom. The molecule has 0 aromatic rings. The first-order chi connectivity index (χ1) is 7.63. The van der Waals surface area contributed by atoms with E-state index in [2.05, 4.69) is 5.32 Å². The summed E-state index contributed by atoms with van der Waals surface area (Å²) in [6, 6.07) is 0. The van der Waals surface area contributed by atoms with Gasteiger partial charge in [0.05, 0.1) is 6.54 Å². The number of halogens is 1. The molecule has 0 heterocycles. The van der Waals surface area contributed by atoms with Crippen molar-refractivity contribution in [2.45, 2.75) is 25.7 Å². The van der Waals surface area contributed by atoms with Crippen LogP contribution in [-0.2, 0) is 9.59 Å². The van der Waals surface area contributed by atoms with Gasteiger partial charge in [-0.25, -0.2) is 0 Å². The molecule has 0 aliphatic heterocycles. The van der Waals surface area contributed by atoms with E-state index >= 15 is 0 Å². The molecule has 1 saturated carbocycles. The molecule has 0 spiro atoms. The molecule has 0 radical (unpaired) electrons. The lowest BCUT2D eigenvalue weighted by Gasteiger charge is -2.27. The molecule has 5 heteroatoms. The summed E-state index contributed by atoms with van der Waals surface area (Å²) in [5.74, 6) is 0.340. The SMILES string of the molecule is CN(CCC1CCC1)C(=O)CNC(=O)CCl. The van der Waals surface area contributed by atoms with Gasteiger partial charge in [0.1, 0.15) is 5.88 Å². The molecule has 1 aliphatic rings. The molecule has 0 aromatic carbocycles. The molecular weight excluding hydrogens is 228 g/mol. The van der Waals surface area contributed by atoms with E-state index in [1.807, 2.05) is 0 Å². The third kappa shape index (κ3) is 4.39. The molecule has 1 N–H and O–H groups in total. The normalized spacial score (nSPS) is 15.4. The Hall–Kier alpha value is -0.770. The molecule has 1 rings (SSSR count). The fraction of sp³-hybridized carbons (Fsp3) is 0.818. The van der Waals surface area contributed by atoms with Crippen molar-refractivity contribution in [3.8, 4) is 0 Å². The number of rotatable bonds is 6. The fourth-order valence-electron chi connectivity index (χ4n) is 1.64. The molecule has 92 valence electrons. The Morgan fingerprint density at radius 3 is 2.62 bits per heavy atom. The quantitative estimate of drug-likeness (QED) is 0.711. The fourth-order valence-corrected chi connectivity index (χ4v) is 1.73. The average Bonchev–Trinajstić information content (AvgIpc) is 2.22. The summed E-state index contributed by atoms with van der Waals surface area (Å²) in [5, 5.41) is 2.47. The zero-order chi connectivity index (χ0) is 12.0. The molecule has 0 unspecified atom stereocenters. The van der Waals surface area contributed by atoms with Crippen LogP contribution in [0.1, 0.15) is 25.7 Å². The molecular formula is C11H19ClN2O2. The molecule has 0 bridgehead atoms. The maximum atomic E-state index is 11.6. The van der Waals surface area contributed by atoms with Gasteiger partial charge in [0, 0.05) is 13.6 Å². The van der Waals surface area contributed by atoms with Crippen LogP contribution in [0.25, 0.3) is 0 Å². The van der Waals surface area contributed by atoms with Crippen LogP contribution >= 0.6 is 11.6 Å². The zero-order valence-corrected chi connectivity index (χ0v) is 10.4. The molecule has 0 atom stereocenters. The third-order valence-electron chi connectivity index (χ3n) is 3.08. The number of amides is 2. The Bertz CT molecular complexity index is 254. The lowest BCUT2D eigenvalue weighted by atomic mass is 9.83. The van der Waals surface area contributed by atoms with Crippen LogP contribution in [0.2, 0.25) is 0 Å². The Morgan fingerprint density at radius 1 is 1.44 bits per heavy atom. The van der Waals surface area contributed by atoms with Gasteiger partial charge in [0.2, 0.25) is 11.8 Å². The van der Waals surface area contributed by atoms with Gasteiger partial charge < -0.3 is 10.2 Å². The lowest BCUT2D eigenvalue weighted by molar-refractivity contribution is -0.131. The van der Waals surface area contributed by atoms with E-state index in [1.54, 1.807) is 11.9 Å². The third-order valence-corrected chi connectivity index (χ3v) is 3.32. The number of nitrogens with zero attached hydrogens (tertiary/aromatic N) is 1. The molecule has 16 heavy (non-hydrogen) atoms. The van der Waals surface area contributed by atoms with Gasteiger partial charge >= 0.3 is 0 Å². The standard InChI is InChI=1S/C11H19ClN2O2/c1-14(6-5-9-3-2-4-9)11(16)8-13-10(15)7-12/h9H,2-8H2,1H3,(H,13,15). The molecule has 4 nitrogen and oxygen atoms in total. The first kappa shape index (κ1) is 13.3. The highest BCUT2D eigenvalue weighted by Crippen LogP contribution is 2.29. The minimum atomic E-state index is -0.303. The zero-order valence-electron chi connectivity index (χ0n) is 9.67. The van der Waals surface area contributed by atoms with E-state index in [1.165, 1.54) is 19.3 Å². The minimum absolute atomic E-state index is 0.0483. The number of hydrogen-bond donors (Lipinski definition) is 1. The van der Waals surface area contributed by atoms with Gasteiger partial charge in [-0.2, -0.15) is 0 Å². The first-order valence-corrected chi connectivity index (χ1v) is 6.23. The molecule has 2 amide bonds. The van der Waals surface area contributed by atoms with Gasteiger partial charge in [0.15, 0.2) is 0 Å². The lowest BCUT2D eigenvalue weighted by Crippen LogP contribution is -2.39. The average molecular weight is 247 g/mol. The maximum absolute atomic E-state index is 11.6. The summed E-state index contributed by atoms with van der Waals surface area (Å²) in [6.45, 7) is 0.826. The van der Waals surface area contributed by atoms with Crippen molar-refractivity contribution >= 4 is 23.4 Å². The predicted octanol–water partition coefficient (Wildman–Crippen LogP) is 0.990. The number of likely N-dealkylation sites (N-methyl/N-ethyl adjacent to an activating group) is 1. The van der Waals surface area contributed by atoms with E-state index in [0.717, 1.165) is 18.9 Å². The van der Waals surface area contributed by atoms with Gasteiger partial charge in [0.25, 0.3) is 0 Å². The molecule has 0 aromatic heterocycles. The molecule has 0 saturated heterocycles. The molecule has 1 aliphatic carbocycles. The number of carbonyl (C=O) groups excluding carboxylic acids is 2. The minimum Gasteiger partial charge on any atom is -0.346 e. The smallest absolute Gasteiger partial charge is 0.241 e. The predicted molar refractivity (Wildman–Crippen MR) is 63.3 cm³/mol. The van der Waals surface area contributed by atoms with Crippen molar-refractivity contribution in [1.29, 1.82) is 0 Å². The van der Waals surface area contributed by atoms with E-state index in [-0.39, 0.29) is 24.2 Å². The summed E-state index contributed by atoms with van der Waals surface area (Å²) in [7, 11) is 1.77. The van der Waals surface area contributed by atoms with Crippen LogP contribution in [0.4, 0.5) is 0 Å². The van der Waals surface area contributed by atoms with Gasteiger partial charge in [-0.3, -0.25) is 9.59 Å². The van der Waals surface area contributed by atoms with Gasteiger partial charge in [-0.05, 0) is 12.3 Å². The van der Waals surface area contributed by atoms with Gasteiger partial charge in [-0.1, -0.05) is 19.3 Å². The topological polar surface area (TPSA) is 49.4 Å². The van der Waals surface area contributed by atoms with Crippen molar-refractivity contribution in [1.82, 2.24) is 10.2 Å². The summed E-state index contributed by atoms with van der Waals surface area (Å²) >= 11 is 5.31. The number of hydrogen-bond acceptors (Lipinski definition) is 2. The summed E-state index contributed by atoms with van der Waals surface area (Å²) in [6.07, 6.45) is 5.00. The van der Waals surface area contributed by atoms with Crippen LogP contribution in [0.5, 0.6) is 0 Å². The monoisotopic (exact) mass is 246 g/mol. The second-order valence-electron chi connectivity index (χ2n) is 4.31. The Kier molecular flexibility index (Phi) is 5.60. The first-order valence-electron chi connectivity index (χ1n) is 5.70. The number of alkyl halides is 1. The summed E-state index contributed by atoms with van der Waals surface area (Å²) < 4.78 is 0. The van der Waals surface area contributed by atoms with Crippen molar-refractivity contribution < 1.29 is 9.59 Å². The van der Waals surface area contributed by atoms with E-state index in [0.29, 0.717) is 0 Å². The van der Waals surface area contributed by atoms with Crippen LogP contribution in [0.15, 0.2) is 0 Å². The van der Waals surface area contributed by atoms with Crippen molar-refractivity contribution in [3.63, 3.8) is 0 Å². The van der Waals surface area contributed by atoms with E-state index in [9.17, 15) is 9.59 Å². The Labute approximate surface area is 101 Å². The Balaban J connectivity index is 2.11. The summed E-state index contributed by atoms with van der Waals surface area (Å²) in [4.78, 5) is 24.1. The highest BCUT2D eigenvalue weighted by molar-refractivity contribution is 6.27. The number of nitrogens with one attached hydrogen (secondary N) is 1. The van der Waals surface area contributed by atoms with E-state index in [4.69, 9.17) is 11.6 Å². The van der Waals surface area contributed by atoms with Crippen LogP contribution in [-0.4, -0.2) is 42.7 Å². The maximum Gasteiger partial charge on any atom is 0.241 e. The summed E-state index contributed by atoms with van der Waals surface area (Å²) in [5.41, 5.74) is 0. The highest BCUT2D eigenvalue weighted by Gasteiger charge is 2.18. The largest absolute Gasteiger partial charge is 0.346 e. The van der Waals surface area contributed by atoms with Crippen LogP contribution in [0, 0.1) is 5.92 Å². The van der Waals surface area contributed by atoms with Gasteiger partial charge in [-0.15, -0.1) is 11.6 Å². The van der Waals surface area contributed by atoms with Crippen molar-refractivity contribution in [3.05, 3.63) is 0 Å². The second kappa shape index (κ2) is 6.74. The highest BCUT2D eigenvalue weighted by atomic mass is 35.5. The van der Waals surface area contributed by atoms with Crippen molar-refractivity contribution in [2.24, 2.45) is 5.92 Å². The molecule has 1 fully saturated rings. The van der Waals surface area contributed by atoms with E-state index < -0.39 is 0 Å². The second-order valence-corrected chi connectivity index (χ2v) is 4.58. The number of carbonyl (C=O) groups is 2. The van der Waals surface area contributed by atoms with Crippen LogP contribution < -0.4 is 5.32 Å².